The van der Waals surface area contributed by atoms with Gasteiger partial charge in [0.25, 0.3) is 0 Å². The molecule has 1 amide bonds. The van der Waals surface area contributed by atoms with Crippen LogP contribution in [0.2, 0.25) is 0 Å². The minimum absolute atomic E-state index is 0.0910. The molecule has 0 aromatic rings. The molecule has 0 heterocycles. The molecule has 0 atom stereocenters. The molecule has 0 aliphatic rings. The molecule has 0 saturated carbocycles. The highest BCUT2D eigenvalue weighted by Crippen LogP contribution is 2.13. The van der Waals surface area contributed by atoms with Crippen LogP contribution in [-0.4, -0.2) is 82.7 Å². The molecule has 0 spiro atoms. The second-order valence-electron chi connectivity index (χ2n) is 9.18. The number of hydrogen-bond donors (Lipinski definition) is 2. The van der Waals surface area contributed by atoms with Crippen molar-refractivity contribution in [2.75, 3.05) is 59.4 Å². The minimum atomic E-state index is -0.686. The van der Waals surface area contributed by atoms with Gasteiger partial charge in [-0.2, -0.15) is 0 Å². The van der Waals surface area contributed by atoms with Crippen molar-refractivity contribution < 1.29 is 38.4 Å². The highest BCUT2D eigenvalue weighted by atomic mass is 16.6. The summed E-state index contributed by atoms with van der Waals surface area (Å²) in [6.45, 7) is 4.25. The third-order valence-electron chi connectivity index (χ3n) is 5.83. The molecule has 0 saturated heterocycles. The van der Waals surface area contributed by atoms with Crippen LogP contribution in [0.5, 0.6) is 0 Å². The molecule has 2 N–H and O–H groups in total. The van der Waals surface area contributed by atoms with Gasteiger partial charge in [0.2, 0.25) is 12.2 Å². The number of hydrogen-bond acceptors (Lipinski definition) is 7. The van der Waals surface area contributed by atoms with Crippen LogP contribution in [0.15, 0.2) is 0 Å². The van der Waals surface area contributed by atoms with Crippen molar-refractivity contribution in [1.29, 1.82) is 0 Å². The standard InChI is InChI=1S/C28H52NO8/c30-18-14-19-34-21-23-36-25-26-37-24-22-35-20-17-29-27(31)15-12-10-8-6-4-2-1-3-5-7-9-11-13-16-28(32)33/h1-17,19-26H2,(H,29,31)(H,32,33). The molecule has 37 heavy (non-hydrogen) atoms. The van der Waals surface area contributed by atoms with Crippen LogP contribution in [0.1, 0.15) is 103 Å². The van der Waals surface area contributed by atoms with Crippen molar-refractivity contribution in [2.24, 2.45) is 0 Å². The predicted octanol–water partition coefficient (Wildman–Crippen LogP) is 4.60. The van der Waals surface area contributed by atoms with Crippen LogP contribution in [0.25, 0.3) is 0 Å². The predicted molar refractivity (Wildman–Crippen MR) is 143 cm³/mol. The maximum absolute atomic E-state index is 11.9. The molecule has 0 aromatic heterocycles. The Morgan fingerprint density at radius 2 is 0.919 bits per heavy atom. The molecule has 0 rings (SSSR count). The van der Waals surface area contributed by atoms with Crippen LogP contribution in [0.3, 0.4) is 0 Å². The molecule has 1 radical (unpaired) electrons. The van der Waals surface area contributed by atoms with E-state index in [1.807, 2.05) is 0 Å². The summed E-state index contributed by atoms with van der Waals surface area (Å²) in [6, 6.07) is 0. The quantitative estimate of drug-likeness (QED) is 0.125. The Labute approximate surface area is 224 Å². The number of carboxylic acid groups (broad SMARTS) is 1. The maximum Gasteiger partial charge on any atom is 0.303 e. The van der Waals surface area contributed by atoms with Gasteiger partial charge in [0, 0.05) is 25.8 Å². The molecule has 9 nitrogen and oxygen atoms in total. The number of ether oxygens (including phenoxy) is 4. The first-order valence-corrected chi connectivity index (χ1v) is 14.3. The van der Waals surface area contributed by atoms with E-state index in [0.717, 1.165) is 32.1 Å². The first-order chi connectivity index (χ1) is 18.2. The summed E-state index contributed by atoms with van der Waals surface area (Å²) in [6.07, 6.45) is 18.0. The summed E-state index contributed by atoms with van der Waals surface area (Å²) >= 11 is 0. The largest absolute Gasteiger partial charge is 0.481 e. The molecule has 0 bridgehead atoms. The lowest BCUT2D eigenvalue weighted by Crippen LogP contribution is -2.27. The summed E-state index contributed by atoms with van der Waals surface area (Å²) in [5.74, 6) is -0.595. The molecule has 0 aliphatic carbocycles. The van der Waals surface area contributed by atoms with Gasteiger partial charge in [0.05, 0.1) is 52.9 Å². The Bertz CT molecular complexity index is 518. The summed E-state index contributed by atoms with van der Waals surface area (Å²) in [4.78, 5) is 32.3. The van der Waals surface area contributed by atoms with Gasteiger partial charge >= 0.3 is 5.97 Å². The van der Waals surface area contributed by atoms with E-state index >= 15 is 0 Å². The smallest absolute Gasteiger partial charge is 0.303 e. The number of carbonyl (C=O) groups excluding carboxylic acids is 2. The molecule has 0 fully saturated rings. The van der Waals surface area contributed by atoms with Gasteiger partial charge in [-0.3, -0.25) is 14.4 Å². The molecular weight excluding hydrogens is 478 g/mol. The lowest BCUT2D eigenvalue weighted by atomic mass is 10.0. The first kappa shape index (κ1) is 35.5. The van der Waals surface area contributed by atoms with Crippen molar-refractivity contribution in [2.45, 2.75) is 103 Å². The number of amides is 1. The fourth-order valence-electron chi connectivity index (χ4n) is 3.73. The second kappa shape index (κ2) is 30.7. The van der Waals surface area contributed by atoms with E-state index in [4.69, 9.17) is 24.1 Å². The van der Waals surface area contributed by atoms with Crippen LogP contribution in [0, 0.1) is 0 Å². The molecular formula is C28H52NO8. The Balaban J connectivity index is 3.16. The van der Waals surface area contributed by atoms with E-state index in [1.165, 1.54) is 51.4 Å². The molecule has 0 unspecified atom stereocenters. The SMILES string of the molecule is O=[C]CCOCCOCCOCCOCCNC(=O)CCCCCCCCCCCCCCCC(=O)O. The van der Waals surface area contributed by atoms with Crippen molar-refractivity contribution >= 4 is 18.2 Å². The molecule has 217 valence electrons. The van der Waals surface area contributed by atoms with Gasteiger partial charge in [0.1, 0.15) is 0 Å². The monoisotopic (exact) mass is 530 g/mol. The molecule has 0 aliphatic heterocycles. The van der Waals surface area contributed by atoms with E-state index < -0.39 is 5.97 Å². The van der Waals surface area contributed by atoms with Gasteiger partial charge in [0.15, 0.2) is 0 Å². The molecule has 9 heteroatoms. The number of rotatable bonds is 31. The van der Waals surface area contributed by atoms with Crippen molar-refractivity contribution in [1.82, 2.24) is 5.32 Å². The van der Waals surface area contributed by atoms with E-state index in [2.05, 4.69) is 5.32 Å². The summed E-state index contributed by atoms with van der Waals surface area (Å²) in [7, 11) is 0. The number of carboxylic acids is 1. The Morgan fingerprint density at radius 1 is 0.541 bits per heavy atom. The Morgan fingerprint density at radius 3 is 1.35 bits per heavy atom. The van der Waals surface area contributed by atoms with Crippen LogP contribution in [0.4, 0.5) is 0 Å². The lowest BCUT2D eigenvalue weighted by Gasteiger charge is -2.08. The topological polar surface area (TPSA) is 120 Å². The van der Waals surface area contributed by atoms with Crippen molar-refractivity contribution in [3.63, 3.8) is 0 Å². The van der Waals surface area contributed by atoms with E-state index in [1.54, 1.807) is 6.29 Å². The third kappa shape index (κ3) is 32.4. The Kier molecular flexibility index (Phi) is 29.4. The lowest BCUT2D eigenvalue weighted by molar-refractivity contribution is -0.137. The Hall–Kier alpha value is -1.55. The summed E-state index contributed by atoms with van der Waals surface area (Å²) in [5.41, 5.74) is 0. The van der Waals surface area contributed by atoms with Gasteiger partial charge < -0.3 is 29.4 Å². The van der Waals surface area contributed by atoms with Crippen LogP contribution < -0.4 is 5.32 Å². The van der Waals surface area contributed by atoms with Gasteiger partial charge in [-0.15, -0.1) is 0 Å². The summed E-state index contributed by atoms with van der Waals surface area (Å²) < 4.78 is 21.3. The fraction of sp³-hybridized carbons (Fsp3) is 0.893. The number of aliphatic carboxylic acids is 1. The second-order valence-corrected chi connectivity index (χ2v) is 9.18. The minimum Gasteiger partial charge on any atom is -0.481 e. The number of nitrogens with one attached hydrogen (secondary N) is 1. The maximum atomic E-state index is 11.9. The van der Waals surface area contributed by atoms with E-state index in [0.29, 0.717) is 72.2 Å². The van der Waals surface area contributed by atoms with Crippen molar-refractivity contribution in [3.05, 3.63) is 0 Å². The zero-order valence-electron chi connectivity index (χ0n) is 23.0. The number of unbranched alkanes of at least 4 members (excludes halogenated alkanes) is 12. The average Bonchev–Trinajstić information content (AvgIpc) is 2.88. The third-order valence-corrected chi connectivity index (χ3v) is 5.83. The van der Waals surface area contributed by atoms with Crippen LogP contribution in [-0.2, 0) is 33.3 Å². The fourth-order valence-corrected chi connectivity index (χ4v) is 3.73. The van der Waals surface area contributed by atoms with Gasteiger partial charge in [-0.05, 0) is 12.8 Å². The first-order valence-electron chi connectivity index (χ1n) is 14.3. The highest BCUT2D eigenvalue weighted by Gasteiger charge is 2.01. The normalized spacial score (nSPS) is 11.0. The average molecular weight is 531 g/mol. The zero-order chi connectivity index (χ0) is 27.1. The van der Waals surface area contributed by atoms with E-state index in [-0.39, 0.29) is 12.3 Å². The van der Waals surface area contributed by atoms with E-state index in [9.17, 15) is 14.4 Å². The van der Waals surface area contributed by atoms with Crippen molar-refractivity contribution in [3.8, 4) is 0 Å². The zero-order valence-corrected chi connectivity index (χ0v) is 23.0. The summed E-state index contributed by atoms with van der Waals surface area (Å²) in [5, 5.41) is 11.5. The number of carbonyl (C=O) groups is 2. The van der Waals surface area contributed by atoms with Gasteiger partial charge in [-0.1, -0.05) is 70.6 Å². The molecule has 0 aromatic carbocycles. The van der Waals surface area contributed by atoms with Crippen LogP contribution >= 0.6 is 0 Å². The highest BCUT2D eigenvalue weighted by molar-refractivity contribution is 5.75. The van der Waals surface area contributed by atoms with Gasteiger partial charge in [-0.25, -0.2) is 0 Å².